The second kappa shape index (κ2) is 6.69. The summed E-state index contributed by atoms with van der Waals surface area (Å²) in [5, 5.41) is 3.41. The Morgan fingerprint density at radius 3 is 2.63 bits per heavy atom. The number of anilines is 1. The lowest BCUT2D eigenvalue weighted by Gasteiger charge is -2.14. The molecule has 0 saturated heterocycles. The summed E-state index contributed by atoms with van der Waals surface area (Å²) in [5.74, 6) is 3.43. The van der Waals surface area contributed by atoms with Crippen LogP contribution in [0.25, 0.3) is 0 Å². The summed E-state index contributed by atoms with van der Waals surface area (Å²) in [6.07, 6.45) is 5.84. The molecule has 1 heterocycles. The Morgan fingerprint density at radius 2 is 2.05 bits per heavy atom. The van der Waals surface area contributed by atoms with Gasteiger partial charge < -0.3 is 5.32 Å². The number of nitrogens with zero attached hydrogens (tertiary/aromatic N) is 2. The average Bonchev–Trinajstić information content (AvgIpc) is 3.14. The van der Waals surface area contributed by atoms with Gasteiger partial charge in [0.2, 0.25) is 0 Å². The Labute approximate surface area is 124 Å². The molecule has 0 radical (unpaired) electrons. The van der Waals surface area contributed by atoms with E-state index in [-0.39, 0.29) is 0 Å². The first-order valence-corrected chi connectivity index (χ1v) is 8.18. The predicted octanol–water partition coefficient (Wildman–Crippen LogP) is 4.21. The van der Waals surface area contributed by atoms with Gasteiger partial charge in [-0.3, -0.25) is 0 Å². The van der Waals surface area contributed by atoms with Gasteiger partial charge in [-0.25, -0.2) is 9.97 Å². The van der Waals surface area contributed by atoms with Crippen molar-refractivity contribution in [1.29, 1.82) is 0 Å². The SMILES string of the molecule is CCCNc1nc(CC2CC2)nc(CC(C)C)c1Br. The van der Waals surface area contributed by atoms with Crippen LogP contribution in [0.3, 0.4) is 0 Å². The molecule has 2 rings (SSSR count). The van der Waals surface area contributed by atoms with Crippen molar-refractivity contribution < 1.29 is 0 Å². The first-order valence-electron chi connectivity index (χ1n) is 7.39. The van der Waals surface area contributed by atoms with Gasteiger partial charge in [0.25, 0.3) is 0 Å². The summed E-state index contributed by atoms with van der Waals surface area (Å²) in [5.41, 5.74) is 1.15. The first kappa shape index (κ1) is 14.8. The molecule has 4 heteroatoms. The van der Waals surface area contributed by atoms with Crippen molar-refractivity contribution >= 4 is 21.7 Å². The maximum Gasteiger partial charge on any atom is 0.144 e. The van der Waals surface area contributed by atoms with E-state index in [4.69, 9.17) is 4.98 Å². The third-order valence-corrected chi connectivity index (χ3v) is 4.11. The molecule has 3 nitrogen and oxygen atoms in total. The molecule has 0 atom stereocenters. The molecule has 0 aromatic carbocycles. The van der Waals surface area contributed by atoms with Gasteiger partial charge >= 0.3 is 0 Å². The van der Waals surface area contributed by atoms with Crippen molar-refractivity contribution in [2.75, 3.05) is 11.9 Å². The molecular weight excluding hydrogens is 302 g/mol. The van der Waals surface area contributed by atoms with Gasteiger partial charge in [-0.1, -0.05) is 20.8 Å². The van der Waals surface area contributed by atoms with Crippen LogP contribution < -0.4 is 5.32 Å². The quantitative estimate of drug-likeness (QED) is 0.815. The largest absolute Gasteiger partial charge is 0.369 e. The van der Waals surface area contributed by atoms with E-state index in [2.05, 4.69) is 47.0 Å². The fourth-order valence-electron chi connectivity index (χ4n) is 2.10. The molecule has 0 amide bonds. The highest BCUT2D eigenvalue weighted by Crippen LogP contribution is 2.33. The molecule has 1 aromatic heterocycles. The zero-order valence-electron chi connectivity index (χ0n) is 12.2. The maximum atomic E-state index is 4.76. The molecule has 0 spiro atoms. The van der Waals surface area contributed by atoms with Crippen LogP contribution in [0.2, 0.25) is 0 Å². The molecule has 0 bridgehead atoms. The van der Waals surface area contributed by atoms with Crippen LogP contribution in [-0.2, 0) is 12.8 Å². The van der Waals surface area contributed by atoms with E-state index in [1.165, 1.54) is 12.8 Å². The number of halogens is 1. The monoisotopic (exact) mass is 325 g/mol. The van der Waals surface area contributed by atoms with Gasteiger partial charge in [0.05, 0.1) is 10.2 Å². The van der Waals surface area contributed by atoms with Crippen molar-refractivity contribution in [3.05, 3.63) is 16.0 Å². The van der Waals surface area contributed by atoms with Gasteiger partial charge in [-0.15, -0.1) is 0 Å². The molecule has 1 saturated carbocycles. The number of hydrogen-bond acceptors (Lipinski definition) is 3. The fraction of sp³-hybridized carbons (Fsp3) is 0.733. The zero-order chi connectivity index (χ0) is 13.8. The summed E-state index contributed by atoms with van der Waals surface area (Å²) >= 11 is 3.67. The molecule has 1 fully saturated rings. The lowest BCUT2D eigenvalue weighted by molar-refractivity contribution is 0.625. The minimum atomic E-state index is 0.610. The summed E-state index contributed by atoms with van der Waals surface area (Å²) in [4.78, 5) is 9.45. The first-order chi connectivity index (χ1) is 9.10. The summed E-state index contributed by atoms with van der Waals surface area (Å²) < 4.78 is 1.05. The molecular formula is C15H24BrN3. The van der Waals surface area contributed by atoms with Crippen LogP contribution in [-0.4, -0.2) is 16.5 Å². The maximum absolute atomic E-state index is 4.76. The number of aromatic nitrogens is 2. The van der Waals surface area contributed by atoms with Crippen LogP contribution in [0.5, 0.6) is 0 Å². The topological polar surface area (TPSA) is 37.8 Å². The van der Waals surface area contributed by atoms with E-state index in [9.17, 15) is 0 Å². The molecule has 1 aromatic rings. The van der Waals surface area contributed by atoms with Crippen molar-refractivity contribution in [2.45, 2.75) is 52.9 Å². The van der Waals surface area contributed by atoms with Crippen molar-refractivity contribution in [2.24, 2.45) is 11.8 Å². The highest BCUT2D eigenvalue weighted by Gasteiger charge is 2.24. The highest BCUT2D eigenvalue weighted by atomic mass is 79.9. The zero-order valence-corrected chi connectivity index (χ0v) is 13.8. The Morgan fingerprint density at radius 1 is 1.32 bits per heavy atom. The Bertz CT molecular complexity index is 428. The Balaban J connectivity index is 2.22. The number of nitrogens with one attached hydrogen (secondary N) is 1. The van der Waals surface area contributed by atoms with E-state index in [1.54, 1.807) is 0 Å². The smallest absolute Gasteiger partial charge is 0.144 e. The third kappa shape index (κ3) is 4.44. The second-order valence-corrected chi connectivity index (χ2v) is 6.71. The van der Waals surface area contributed by atoms with Gasteiger partial charge in [0.1, 0.15) is 11.6 Å². The molecule has 0 aliphatic heterocycles. The van der Waals surface area contributed by atoms with Crippen molar-refractivity contribution in [3.63, 3.8) is 0 Å². The van der Waals surface area contributed by atoms with Crippen molar-refractivity contribution in [1.82, 2.24) is 9.97 Å². The fourth-order valence-corrected chi connectivity index (χ4v) is 2.58. The van der Waals surface area contributed by atoms with Gasteiger partial charge in [0.15, 0.2) is 0 Å². The lowest BCUT2D eigenvalue weighted by Crippen LogP contribution is -2.11. The molecule has 19 heavy (non-hydrogen) atoms. The Kier molecular flexibility index (Phi) is 5.20. The van der Waals surface area contributed by atoms with Crippen LogP contribution >= 0.6 is 15.9 Å². The minimum Gasteiger partial charge on any atom is -0.369 e. The Hall–Kier alpha value is -0.640. The van der Waals surface area contributed by atoms with Crippen LogP contribution in [0.4, 0.5) is 5.82 Å². The second-order valence-electron chi connectivity index (χ2n) is 5.92. The predicted molar refractivity (Wildman–Crippen MR) is 83.5 cm³/mol. The molecule has 1 aliphatic carbocycles. The van der Waals surface area contributed by atoms with Crippen LogP contribution in [0, 0.1) is 11.8 Å². The van der Waals surface area contributed by atoms with E-state index in [0.29, 0.717) is 5.92 Å². The van der Waals surface area contributed by atoms with E-state index >= 15 is 0 Å². The van der Waals surface area contributed by atoms with Gasteiger partial charge in [-0.05, 0) is 53.4 Å². The van der Waals surface area contributed by atoms with Crippen LogP contribution in [0.1, 0.15) is 51.6 Å². The minimum absolute atomic E-state index is 0.610. The summed E-state index contributed by atoms with van der Waals surface area (Å²) in [7, 11) is 0. The van der Waals surface area contributed by atoms with E-state index in [0.717, 1.165) is 53.5 Å². The molecule has 1 aliphatic rings. The summed E-state index contributed by atoms with van der Waals surface area (Å²) in [6.45, 7) is 7.59. The van der Waals surface area contributed by atoms with Crippen molar-refractivity contribution in [3.8, 4) is 0 Å². The average molecular weight is 326 g/mol. The highest BCUT2D eigenvalue weighted by molar-refractivity contribution is 9.10. The molecule has 1 N–H and O–H groups in total. The van der Waals surface area contributed by atoms with Gasteiger partial charge in [-0.2, -0.15) is 0 Å². The normalized spacial score (nSPS) is 15.0. The van der Waals surface area contributed by atoms with E-state index < -0.39 is 0 Å². The lowest BCUT2D eigenvalue weighted by atomic mass is 10.1. The van der Waals surface area contributed by atoms with Gasteiger partial charge in [0, 0.05) is 13.0 Å². The number of hydrogen-bond donors (Lipinski definition) is 1. The molecule has 0 unspecified atom stereocenters. The molecule has 106 valence electrons. The van der Waals surface area contributed by atoms with E-state index in [1.807, 2.05) is 0 Å². The standard InChI is InChI=1S/C15H24BrN3/c1-4-7-17-15-14(16)12(8-10(2)3)18-13(19-15)9-11-5-6-11/h10-11H,4-9H2,1-3H3,(H,17,18,19). The van der Waals surface area contributed by atoms with Crippen LogP contribution in [0.15, 0.2) is 4.47 Å². The third-order valence-electron chi connectivity index (χ3n) is 3.28. The number of rotatable bonds is 7. The summed E-state index contributed by atoms with van der Waals surface area (Å²) in [6, 6.07) is 0.